The highest BCUT2D eigenvalue weighted by Gasteiger charge is 2.21. The van der Waals surface area contributed by atoms with Crippen LogP contribution in [0.3, 0.4) is 0 Å². The average Bonchev–Trinajstić information content (AvgIpc) is 1.88. The van der Waals surface area contributed by atoms with Crippen LogP contribution in [0.2, 0.25) is 0 Å². The van der Waals surface area contributed by atoms with Crippen molar-refractivity contribution in [2.24, 2.45) is 0 Å². The summed E-state index contributed by atoms with van der Waals surface area (Å²) in [6, 6.07) is 0. The van der Waals surface area contributed by atoms with E-state index < -0.39 is 0 Å². The molecule has 0 amide bonds. The SMILES string of the molecule is CP(P(P)P)P(PP)P(P)P. The zero-order chi connectivity index (χ0) is 9.02. The molecule has 0 heterocycles. The Morgan fingerprint density at radius 3 is 1.55 bits per heavy atom. The second-order valence-electron chi connectivity index (χ2n) is 1.67. The first kappa shape index (κ1) is 15.3. The van der Waals surface area contributed by atoms with E-state index in [0.29, 0.717) is 14.3 Å². The fraction of sp³-hybridized carbons (Fsp3) is 1.00. The second-order valence-corrected chi connectivity index (χ2v) is 37.8. The molecule has 0 aromatic carbocycles. The Kier molecular flexibility index (Phi) is 11.8. The fourth-order valence-corrected chi connectivity index (χ4v) is 70.5. The third kappa shape index (κ3) is 6.46. The van der Waals surface area contributed by atoms with Crippen molar-refractivity contribution >= 4 is 80.9 Å². The molecule has 0 saturated carbocycles. The van der Waals surface area contributed by atoms with Crippen molar-refractivity contribution < 1.29 is 0 Å². The van der Waals surface area contributed by atoms with Gasteiger partial charge in [0.2, 0.25) is 0 Å². The summed E-state index contributed by atoms with van der Waals surface area (Å²) >= 11 is 0. The molecule has 0 fully saturated rings. The first-order valence-electron chi connectivity index (χ1n) is 2.59. The molecular formula is CH14P10. The monoisotopic (exact) mass is 336 g/mol. The van der Waals surface area contributed by atoms with E-state index in [4.69, 9.17) is 0 Å². The Morgan fingerprint density at radius 2 is 1.45 bits per heavy atom. The Labute approximate surface area is 87.4 Å². The van der Waals surface area contributed by atoms with Crippen LogP contribution in [0.4, 0.5) is 0 Å². The molecule has 0 radical (unpaired) electrons. The Morgan fingerprint density at radius 1 is 1.00 bits per heavy atom. The second kappa shape index (κ2) is 8.45. The molecule has 8 unspecified atom stereocenters. The van der Waals surface area contributed by atoms with Gasteiger partial charge in [-0.1, -0.05) is 7.96 Å². The predicted molar refractivity (Wildman–Crippen MR) is 90.5 cm³/mol. The lowest BCUT2D eigenvalue weighted by atomic mass is 12.0. The summed E-state index contributed by atoms with van der Waals surface area (Å²) in [5, 5.41) is 0. The minimum absolute atomic E-state index is 0.171. The van der Waals surface area contributed by atoms with Gasteiger partial charge in [-0.25, -0.2) is 0 Å². The van der Waals surface area contributed by atoms with Gasteiger partial charge in [-0.3, -0.25) is 0 Å². The van der Waals surface area contributed by atoms with Crippen LogP contribution in [0.5, 0.6) is 0 Å². The lowest BCUT2D eigenvalue weighted by Crippen LogP contribution is -1.48. The van der Waals surface area contributed by atoms with Crippen LogP contribution in [0, 0.1) is 0 Å². The van der Waals surface area contributed by atoms with Gasteiger partial charge in [0.05, 0.1) is 0 Å². The van der Waals surface area contributed by atoms with Crippen LogP contribution in [0.1, 0.15) is 0 Å². The van der Waals surface area contributed by atoms with Crippen molar-refractivity contribution in [2.75, 3.05) is 6.66 Å². The molecule has 0 aliphatic heterocycles. The normalized spacial score (nSPS) is 18.5. The van der Waals surface area contributed by atoms with Crippen molar-refractivity contribution in [3.8, 4) is 0 Å². The van der Waals surface area contributed by atoms with Crippen LogP contribution in [0.15, 0.2) is 0 Å². The Hall–Kier alpha value is 4.30. The first-order valence-corrected chi connectivity index (χ1v) is 20.6. The van der Waals surface area contributed by atoms with Gasteiger partial charge in [0.15, 0.2) is 0 Å². The van der Waals surface area contributed by atoms with Gasteiger partial charge < -0.3 is 0 Å². The molecule has 0 aromatic heterocycles. The van der Waals surface area contributed by atoms with E-state index in [0.717, 1.165) is 7.96 Å². The number of hydrogen-bond acceptors (Lipinski definition) is 0. The van der Waals surface area contributed by atoms with E-state index in [9.17, 15) is 0 Å². The lowest BCUT2D eigenvalue weighted by Gasteiger charge is -2.29. The van der Waals surface area contributed by atoms with Gasteiger partial charge >= 0.3 is 0 Å². The molecule has 0 aliphatic rings. The molecule has 0 N–H and O–H groups in total. The van der Waals surface area contributed by atoms with Crippen LogP contribution in [0.25, 0.3) is 0 Å². The zero-order valence-electron chi connectivity index (χ0n) is 6.18. The van der Waals surface area contributed by atoms with Crippen molar-refractivity contribution in [1.82, 2.24) is 0 Å². The van der Waals surface area contributed by atoms with Crippen molar-refractivity contribution in [1.29, 1.82) is 0 Å². The van der Waals surface area contributed by atoms with Crippen LogP contribution in [-0.4, -0.2) is 6.66 Å². The first-order chi connectivity index (χ1) is 5.00. The smallest absolute Gasteiger partial charge is 0.0175 e. The van der Waals surface area contributed by atoms with Gasteiger partial charge in [-0.15, -0.1) is 44.6 Å². The van der Waals surface area contributed by atoms with Gasteiger partial charge in [-0.2, -0.15) is 0 Å². The summed E-state index contributed by atoms with van der Waals surface area (Å²) in [5.74, 6) is 0. The summed E-state index contributed by atoms with van der Waals surface area (Å²) in [5.41, 5.74) is 0. The lowest BCUT2D eigenvalue weighted by molar-refractivity contribution is 2.50. The molecule has 0 nitrogen and oxygen atoms in total. The predicted octanol–water partition coefficient (Wildman–Crippen LogP) is 5.83. The van der Waals surface area contributed by atoms with Gasteiger partial charge in [-0.05, 0) is 34.9 Å². The molecule has 0 saturated heterocycles. The highest BCUT2D eigenvalue weighted by molar-refractivity contribution is 9.11. The summed E-state index contributed by atoms with van der Waals surface area (Å²) in [6.45, 7) is 3.11. The minimum Gasteiger partial charge on any atom is -0.109 e. The average molecular weight is 336 g/mol. The molecule has 0 bridgehead atoms. The molecule has 11 heavy (non-hydrogen) atoms. The summed E-state index contributed by atoms with van der Waals surface area (Å²) in [4.78, 5) is 0. The molecule has 68 valence electrons. The molecule has 0 rings (SSSR count). The standard InChI is InChI=1S/CH14P10/c1-8(9(3)4)11(7-2)10(5)6/h7H,2-6H2,1H3. The maximum atomic E-state index is 2.99. The zero-order valence-corrected chi connectivity index (χ0v) is 16.5. The Balaban J connectivity index is 4.02. The maximum Gasteiger partial charge on any atom is -0.0175 e. The maximum absolute atomic E-state index is 2.99. The third-order valence-corrected chi connectivity index (χ3v) is 53.7. The topological polar surface area (TPSA) is 0 Å². The summed E-state index contributed by atoms with van der Waals surface area (Å²) in [6.07, 6.45) is 0. The molecule has 0 aromatic rings. The summed E-state index contributed by atoms with van der Waals surface area (Å²) in [7, 11) is 16.2. The molecule has 10 heteroatoms. The van der Waals surface area contributed by atoms with E-state index in [1.54, 1.807) is 0 Å². The van der Waals surface area contributed by atoms with Gasteiger partial charge in [0, 0.05) is 0 Å². The van der Waals surface area contributed by atoms with Crippen LogP contribution < -0.4 is 0 Å². The fourth-order valence-electron chi connectivity index (χ4n) is 0.398. The third-order valence-electron chi connectivity index (χ3n) is 0.943. The number of rotatable bonds is 4. The minimum atomic E-state index is 0.171. The highest BCUT2D eigenvalue weighted by Crippen LogP contribution is 3.08. The van der Waals surface area contributed by atoms with Gasteiger partial charge in [0.1, 0.15) is 0 Å². The van der Waals surface area contributed by atoms with Crippen molar-refractivity contribution in [3.63, 3.8) is 0 Å². The van der Waals surface area contributed by atoms with Gasteiger partial charge in [0.25, 0.3) is 0 Å². The summed E-state index contributed by atoms with van der Waals surface area (Å²) < 4.78 is 0. The molecule has 0 aliphatic carbocycles. The van der Waals surface area contributed by atoms with E-state index in [2.05, 4.69) is 51.3 Å². The van der Waals surface area contributed by atoms with Crippen molar-refractivity contribution in [2.45, 2.75) is 0 Å². The van der Waals surface area contributed by atoms with Crippen LogP contribution >= 0.6 is 80.9 Å². The largest absolute Gasteiger partial charge is 0.109 e. The van der Waals surface area contributed by atoms with E-state index in [-0.39, 0.29) is 14.0 Å². The quantitative estimate of drug-likeness (QED) is 0.567. The molecule has 0 spiro atoms. The number of hydrogen-bond donors (Lipinski definition) is 0. The molecular weight excluding hydrogens is 322 g/mol. The highest BCUT2D eigenvalue weighted by atomic mass is 33.1. The van der Waals surface area contributed by atoms with Crippen LogP contribution in [-0.2, 0) is 0 Å². The Bertz CT molecular complexity index is 97.0. The van der Waals surface area contributed by atoms with E-state index in [1.165, 1.54) is 0 Å². The van der Waals surface area contributed by atoms with Crippen molar-refractivity contribution in [3.05, 3.63) is 0 Å². The van der Waals surface area contributed by atoms with E-state index in [1.807, 2.05) is 0 Å². The molecule has 8 atom stereocenters. The van der Waals surface area contributed by atoms with E-state index >= 15 is 0 Å².